The summed E-state index contributed by atoms with van der Waals surface area (Å²) in [5.41, 5.74) is 0. The molecule has 0 radical (unpaired) electrons. The molecule has 0 aromatic carbocycles. The Labute approximate surface area is 102 Å². The number of carbonyl (C=O) groups excluding carboxylic acids is 2. The zero-order valence-corrected chi connectivity index (χ0v) is 10.8. The van der Waals surface area contributed by atoms with Crippen LogP contribution in [-0.4, -0.2) is 49.2 Å². The number of carbonyl (C=O) groups is 2. The monoisotopic (exact) mass is 243 g/mol. The van der Waals surface area contributed by atoms with E-state index in [4.69, 9.17) is 4.74 Å². The predicted molar refractivity (Wildman–Crippen MR) is 62.5 cm³/mol. The first-order valence-electron chi connectivity index (χ1n) is 6.02. The van der Waals surface area contributed by atoms with Crippen LogP contribution in [0.15, 0.2) is 0 Å². The van der Waals surface area contributed by atoms with Crippen molar-refractivity contribution in [2.45, 2.75) is 45.3 Å². The van der Waals surface area contributed by atoms with Gasteiger partial charge in [-0.2, -0.15) is 0 Å². The predicted octanol–water partition coefficient (Wildman–Crippen LogP) is 0.965. The Morgan fingerprint density at radius 1 is 1.47 bits per heavy atom. The van der Waals surface area contributed by atoms with Crippen molar-refractivity contribution >= 4 is 11.9 Å². The molecule has 1 fully saturated rings. The largest absolute Gasteiger partial charge is 0.468 e. The van der Waals surface area contributed by atoms with E-state index in [1.807, 2.05) is 13.8 Å². The first kappa shape index (κ1) is 14.0. The van der Waals surface area contributed by atoms with E-state index < -0.39 is 0 Å². The van der Waals surface area contributed by atoms with Gasteiger partial charge in [-0.05, 0) is 26.7 Å². The van der Waals surface area contributed by atoms with Gasteiger partial charge in [0.25, 0.3) is 0 Å². The molecule has 17 heavy (non-hydrogen) atoms. The first-order chi connectivity index (χ1) is 8.04. The minimum Gasteiger partial charge on any atom is -0.468 e. The highest BCUT2D eigenvalue weighted by atomic mass is 16.5. The summed E-state index contributed by atoms with van der Waals surface area (Å²) in [6.45, 7) is 4.52. The third kappa shape index (κ3) is 4.34. The van der Waals surface area contributed by atoms with Crippen LogP contribution in [0.4, 0.5) is 0 Å². The number of esters is 1. The van der Waals surface area contributed by atoms with Crippen LogP contribution < -0.4 is 0 Å². The minimum atomic E-state index is -0.389. The van der Waals surface area contributed by atoms with Gasteiger partial charge in [-0.3, -0.25) is 9.59 Å². The average molecular weight is 243 g/mol. The van der Waals surface area contributed by atoms with Gasteiger partial charge in [-0.15, -0.1) is 0 Å². The van der Waals surface area contributed by atoms with E-state index in [1.54, 1.807) is 0 Å². The molecule has 1 aliphatic heterocycles. The maximum Gasteiger partial charge on any atom is 0.325 e. The van der Waals surface area contributed by atoms with E-state index >= 15 is 0 Å². The van der Waals surface area contributed by atoms with Crippen molar-refractivity contribution in [1.29, 1.82) is 0 Å². The maximum atomic E-state index is 12.0. The van der Waals surface area contributed by atoms with Crippen LogP contribution in [0.5, 0.6) is 0 Å². The van der Waals surface area contributed by atoms with Gasteiger partial charge in [-0.1, -0.05) is 0 Å². The molecule has 0 unspecified atom stereocenters. The van der Waals surface area contributed by atoms with Crippen LogP contribution in [-0.2, 0) is 19.1 Å². The van der Waals surface area contributed by atoms with E-state index in [1.165, 1.54) is 12.0 Å². The number of ether oxygens (including phenoxy) is 2. The number of hydrogen-bond acceptors (Lipinski definition) is 4. The molecule has 1 rings (SSSR count). The Bertz CT molecular complexity index is 272. The quantitative estimate of drug-likeness (QED) is 0.675. The molecule has 1 saturated heterocycles. The zero-order valence-electron chi connectivity index (χ0n) is 10.8. The molecule has 0 spiro atoms. The van der Waals surface area contributed by atoms with E-state index in [0.717, 1.165) is 19.4 Å². The molecule has 0 aromatic rings. The Balaban J connectivity index is 2.50. The molecule has 1 aliphatic rings. The van der Waals surface area contributed by atoms with Crippen LogP contribution in [0, 0.1) is 0 Å². The van der Waals surface area contributed by atoms with Gasteiger partial charge < -0.3 is 14.4 Å². The highest BCUT2D eigenvalue weighted by Crippen LogP contribution is 2.17. The molecule has 98 valence electrons. The fraction of sp³-hybridized carbons (Fsp3) is 0.833. The molecule has 0 aliphatic carbocycles. The molecule has 0 aromatic heterocycles. The second kappa shape index (κ2) is 6.59. The minimum absolute atomic E-state index is 0.0111. The van der Waals surface area contributed by atoms with Crippen molar-refractivity contribution in [3.63, 3.8) is 0 Å². The topological polar surface area (TPSA) is 55.8 Å². The van der Waals surface area contributed by atoms with Gasteiger partial charge in [0.2, 0.25) is 5.91 Å². The number of amides is 1. The lowest BCUT2D eigenvalue weighted by Crippen LogP contribution is -2.42. The third-order valence-electron chi connectivity index (χ3n) is 2.90. The van der Waals surface area contributed by atoms with E-state index in [-0.39, 0.29) is 30.6 Å². The Hall–Kier alpha value is -1.10. The van der Waals surface area contributed by atoms with Crippen molar-refractivity contribution in [3.8, 4) is 0 Å². The Kier molecular flexibility index (Phi) is 5.41. The first-order valence-corrected chi connectivity index (χ1v) is 6.02. The lowest BCUT2D eigenvalue weighted by atomic mass is 10.1. The average Bonchev–Trinajstić information content (AvgIpc) is 2.77. The molecule has 0 bridgehead atoms. The van der Waals surface area contributed by atoms with Gasteiger partial charge in [0.1, 0.15) is 6.54 Å². The third-order valence-corrected chi connectivity index (χ3v) is 2.90. The summed E-state index contributed by atoms with van der Waals surface area (Å²) in [4.78, 5) is 24.8. The number of methoxy groups -OCH3 is 1. The van der Waals surface area contributed by atoms with E-state index in [2.05, 4.69) is 4.74 Å². The number of nitrogens with zero attached hydrogens (tertiary/aromatic N) is 1. The summed E-state index contributed by atoms with van der Waals surface area (Å²) in [5, 5.41) is 0. The van der Waals surface area contributed by atoms with Gasteiger partial charge in [0, 0.05) is 12.6 Å². The van der Waals surface area contributed by atoms with Gasteiger partial charge in [0.15, 0.2) is 0 Å². The molecular formula is C12H21NO4. The zero-order chi connectivity index (χ0) is 12.8. The van der Waals surface area contributed by atoms with Crippen molar-refractivity contribution in [3.05, 3.63) is 0 Å². The summed E-state index contributed by atoms with van der Waals surface area (Å²) < 4.78 is 10.0. The lowest BCUT2D eigenvalue weighted by molar-refractivity contribution is -0.149. The molecule has 5 heteroatoms. The summed E-state index contributed by atoms with van der Waals surface area (Å²) >= 11 is 0. The smallest absolute Gasteiger partial charge is 0.325 e. The molecule has 1 amide bonds. The maximum absolute atomic E-state index is 12.0. The normalized spacial score (nSPS) is 19.4. The fourth-order valence-electron chi connectivity index (χ4n) is 1.88. The number of rotatable bonds is 5. The van der Waals surface area contributed by atoms with Crippen LogP contribution >= 0.6 is 0 Å². The SMILES string of the molecule is COC(=O)CN(C(=O)C[C@H]1CCCO1)C(C)C. The Morgan fingerprint density at radius 2 is 2.18 bits per heavy atom. The van der Waals surface area contributed by atoms with Crippen LogP contribution in [0.3, 0.4) is 0 Å². The highest BCUT2D eigenvalue weighted by molar-refractivity contribution is 5.82. The molecule has 0 N–H and O–H groups in total. The summed E-state index contributed by atoms with van der Waals surface area (Å²) in [5.74, 6) is -0.434. The molecule has 0 saturated carbocycles. The van der Waals surface area contributed by atoms with Crippen molar-refractivity contribution in [2.24, 2.45) is 0 Å². The van der Waals surface area contributed by atoms with Crippen LogP contribution in [0.2, 0.25) is 0 Å². The second-order valence-corrected chi connectivity index (χ2v) is 4.53. The van der Waals surface area contributed by atoms with Gasteiger partial charge in [-0.25, -0.2) is 0 Å². The molecule has 1 heterocycles. The van der Waals surface area contributed by atoms with Crippen molar-refractivity contribution < 1.29 is 19.1 Å². The standard InChI is InChI=1S/C12H21NO4/c1-9(2)13(8-12(15)16-3)11(14)7-10-5-4-6-17-10/h9-10H,4-8H2,1-3H3/t10-/m1/s1. The van der Waals surface area contributed by atoms with Crippen LogP contribution in [0.25, 0.3) is 0 Å². The van der Waals surface area contributed by atoms with E-state index in [0.29, 0.717) is 6.42 Å². The van der Waals surface area contributed by atoms with Gasteiger partial charge >= 0.3 is 5.97 Å². The molecule has 1 atom stereocenters. The number of hydrogen-bond donors (Lipinski definition) is 0. The molecular weight excluding hydrogens is 222 g/mol. The fourth-order valence-corrected chi connectivity index (χ4v) is 1.88. The van der Waals surface area contributed by atoms with Crippen molar-refractivity contribution in [1.82, 2.24) is 4.90 Å². The Morgan fingerprint density at radius 3 is 2.65 bits per heavy atom. The second-order valence-electron chi connectivity index (χ2n) is 4.53. The highest BCUT2D eigenvalue weighted by Gasteiger charge is 2.25. The molecule has 5 nitrogen and oxygen atoms in total. The lowest BCUT2D eigenvalue weighted by Gasteiger charge is -2.26. The summed E-state index contributed by atoms with van der Waals surface area (Å²) in [7, 11) is 1.32. The van der Waals surface area contributed by atoms with Crippen molar-refractivity contribution in [2.75, 3.05) is 20.3 Å². The van der Waals surface area contributed by atoms with E-state index in [9.17, 15) is 9.59 Å². The van der Waals surface area contributed by atoms with Crippen LogP contribution in [0.1, 0.15) is 33.1 Å². The van der Waals surface area contributed by atoms with Gasteiger partial charge in [0.05, 0.1) is 19.6 Å². The summed E-state index contributed by atoms with van der Waals surface area (Å²) in [6, 6.07) is -0.0111. The summed E-state index contributed by atoms with van der Waals surface area (Å²) in [6.07, 6.45) is 2.31.